The van der Waals surface area contributed by atoms with Crippen LogP contribution in [-0.2, 0) is 0 Å². The molecule has 0 atom stereocenters. The van der Waals surface area contributed by atoms with E-state index in [4.69, 9.17) is 22.6 Å². The predicted molar refractivity (Wildman–Crippen MR) is 78.0 cm³/mol. The Labute approximate surface area is 118 Å². The number of nitrogens with zero attached hydrogens (tertiary/aromatic N) is 1. The van der Waals surface area contributed by atoms with Gasteiger partial charge in [-0.3, -0.25) is 0 Å². The van der Waals surface area contributed by atoms with E-state index in [0.717, 1.165) is 4.47 Å². The second kappa shape index (κ2) is 5.30. The van der Waals surface area contributed by atoms with Crippen LogP contribution in [0.2, 0.25) is 5.02 Å². The lowest BCUT2D eigenvalue weighted by Gasteiger charge is -2.11. The molecule has 0 saturated carbocycles. The number of nitrogens with two attached hydrogens (primary N) is 1. The summed E-state index contributed by atoms with van der Waals surface area (Å²) in [6, 6.07) is 12.6. The number of rotatable bonds is 2. The first kappa shape index (κ1) is 12.7. The van der Waals surface area contributed by atoms with E-state index < -0.39 is 0 Å². The van der Waals surface area contributed by atoms with Gasteiger partial charge >= 0.3 is 0 Å². The Hall–Kier alpha value is -1.70. The fourth-order valence-corrected chi connectivity index (χ4v) is 2.03. The van der Waals surface area contributed by atoms with Gasteiger partial charge in [0.25, 0.3) is 0 Å². The lowest BCUT2D eigenvalue weighted by Crippen LogP contribution is -1.96. The van der Waals surface area contributed by atoms with Crippen LogP contribution in [0.15, 0.2) is 40.9 Å². The van der Waals surface area contributed by atoms with Crippen molar-refractivity contribution in [2.45, 2.75) is 0 Å². The molecule has 0 amide bonds. The summed E-state index contributed by atoms with van der Waals surface area (Å²) in [5.41, 5.74) is 8.21. The summed E-state index contributed by atoms with van der Waals surface area (Å²) < 4.78 is 0.879. The van der Waals surface area contributed by atoms with E-state index in [0.29, 0.717) is 27.6 Å². The van der Waals surface area contributed by atoms with Crippen molar-refractivity contribution >= 4 is 44.6 Å². The summed E-state index contributed by atoms with van der Waals surface area (Å²) >= 11 is 9.43. The summed E-state index contributed by atoms with van der Waals surface area (Å²) in [7, 11) is 0. The van der Waals surface area contributed by atoms with E-state index in [2.05, 4.69) is 27.3 Å². The molecule has 2 aromatic carbocycles. The van der Waals surface area contributed by atoms with Gasteiger partial charge in [0.2, 0.25) is 0 Å². The minimum atomic E-state index is 0.539. The van der Waals surface area contributed by atoms with Crippen LogP contribution in [0.25, 0.3) is 0 Å². The first-order valence-electron chi connectivity index (χ1n) is 5.12. The third-order valence-corrected chi connectivity index (χ3v) is 3.18. The molecule has 0 aliphatic rings. The van der Waals surface area contributed by atoms with Gasteiger partial charge in [0.1, 0.15) is 6.07 Å². The van der Waals surface area contributed by atoms with Crippen LogP contribution in [0.3, 0.4) is 0 Å². The van der Waals surface area contributed by atoms with Crippen LogP contribution >= 0.6 is 27.5 Å². The SMILES string of the molecule is N#Cc1ccc(Br)cc1Nc1cc(N)ccc1Cl. The van der Waals surface area contributed by atoms with Crippen LogP contribution < -0.4 is 11.1 Å². The van der Waals surface area contributed by atoms with E-state index in [9.17, 15) is 0 Å². The van der Waals surface area contributed by atoms with Crippen LogP contribution in [0.1, 0.15) is 5.56 Å². The zero-order chi connectivity index (χ0) is 13.1. The molecule has 5 heteroatoms. The summed E-state index contributed by atoms with van der Waals surface area (Å²) in [6.45, 7) is 0. The molecule has 0 fully saturated rings. The molecular formula is C13H9BrClN3. The average molecular weight is 323 g/mol. The number of hydrogen-bond donors (Lipinski definition) is 2. The quantitative estimate of drug-likeness (QED) is 0.810. The van der Waals surface area contributed by atoms with Gasteiger partial charge in [-0.05, 0) is 36.4 Å². The summed E-state index contributed by atoms with van der Waals surface area (Å²) in [4.78, 5) is 0. The normalized spacial score (nSPS) is 9.83. The highest BCUT2D eigenvalue weighted by Gasteiger charge is 2.06. The fourth-order valence-electron chi connectivity index (χ4n) is 1.50. The maximum atomic E-state index is 9.05. The minimum Gasteiger partial charge on any atom is -0.399 e. The van der Waals surface area contributed by atoms with Crippen molar-refractivity contribution < 1.29 is 0 Å². The Kier molecular flexibility index (Phi) is 3.75. The van der Waals surface area contributed by atoms with Crippen LogP contribution in [-0.4, -0.2) is 0 Å². The molecule has 3 N–H and O–H groups in total. The first-order chi connectivity index (χ1) is 8.60. The molecule has 0 aromatic heterocycles. The van der Waals surface area contributed by atoms with Gasteiger partial charge in [-0.1, -0.05) is 27.5 Å². The Morgan fingerprint density at radius 1 is 1.17 bits per heavy atom. The molecule has 0 spiro atoms. The third kappa shape index (κ3) is 2.76. The monoisotopic (exact) mass is 321 g/mol. The average Bonchev–Trinajstić information content (AvgIpc) is 2.34. The van der Waals surface area contributed by atoms with Gasteiger partial charge in [-0.25, -0.2) is 0 Å². The fraction of sp³-hybridized carbons (Fsp3) is 0. The number of benzene rings is 2. The van der Waals surface area contributed by atoms with Crippen LogP contribution in [0.4, 0.5) is 17.1 Å². The molecule has 3 nitrogen and oxygen atoms in total. The van der Waals surface area contributed by atoms with Gasteiger partial charge in [0.15, 0.2) is 0 Å². The molecule has 0 saturated heterocycles. The molecule has 2 rings (SSSR count). The Morgan fingerprint density at radius 2 is 1.94 bits per heavy atom. The standard InChI is InChI=1S/C13H9BrClN3/c14-9-2-1-8(7-16)12(5-9)18-13-6-10(17)3-4-11(13)15/h1-6,18H,17H2. The second-order valence-electron chi connectivity index (χ2n) is 3.67. The largest absolute Gasteiger partial charge is 0.399 e. The molecule has 0 bridgehead atoms. The van der Waals surface area contributed by atoms with Gasteiger partial charge < -0.3 is 11.1 Å². The Balaban J connectivity index is 2.43. The highest BCUT2D eigenvalue weighted by Crippen LogP contribution is 2.30. The smallest absolute Gasteiger partial charge is 0.101 e. The van der Waals surface area contributed by atoms with Crippen molar-refractivity contribution in [3.05, 3.63) is 51.5 Å². The maximum absolute atomic E-state index is 9.05. The van der Waals surface area contributed by atoms with Crippen molar-refractivity contribution in [2.24, 2.45) is 0 Å². The predicted octanol–water partition coefficient (Wildman–Crippen LogP) is 4.30. The number of halogens is 2. The molecule has 0 heterocycles. The summed E-state index contributed by atoms with van der Waals surface area (Å²) in [6.07, 6.45) is 0. The van der Waals surface area contributed by atoms with Crippen LogP contribution in [0, 0.1) is 11.3 Å². The van der Waals surface area contributed by atoms with Crippen molar-refractivity contribution in [3.63, 3.8) is 0 Å². The second-order valence-corrected chi connectivity index (χ2v) is 4.99. The Bertz CT molecular complexity index is 635. The highest BCUT2D eigenvalue weighted by atomic mass is 79.9. The Morgan fingerprint density at radius 3 is 2.67 bits per heavy atom. The molecule has 90 valence electrons. The topological polar surface area (TPSA) is 61.8 Å². The zero-order valence-electron chi connectivity index (χ0n) is 9.24. The van der Waals surface area contributed by atoms with E-state index in [1.54, 1.807) is 24.3 Å². The molecule has 0 unspecified atom stereocenters. The van der Waals surface area contributed by atoms with Crippen LogP contribution in [0.5, 0.6) is 0 Å². The van der Waals surface area contributed by atoms with Crippen molar-refractivity contribution in [2.75, 3.05) is 11.1 Å². The minimum absolute atomic E-state index is 0.539. The molecule has 2 aromatic rings. The van der Waals surface area contributed by atoms with Gasteiger partial charge in [-0.15, -0.1) is 0 Å². The van der Waals surface area contributed by atoms with E-state index in [1.807, 2.05) is 12.1 Å². The summed E-state index contributed by atoms with van der Waals surface area (Å²) in [5, 5.41) is 12.7. The lowest BCUT2D eigenvalue weighted by atomic mass is 10.2. The maximum Gasteiger partial charge on any atom is 0.101 e. The van der Waals surface area contributed by atoms with Crippen molar-refractivity contribution in [3.8, 4) is 6.07 Å². The highest BCUT2D eigenvalue weighted by molar-refractivity contribution is 9.10. The zero-order valence-corrected chi connectivity index (χ0v) is 11.6. The first-order valence-corrected chi connectivity index (χ1v) is 6.29. The third-order valence-electron chi connectivity index (χ3n) is 2.36. The van der Waals surface area contributed by atoms with Gasteiger partial charge in [0.05, 0.1) is 22.0 Å². The van der Waals surface area contributed by atoms with E-state index >= 15 is 0 Å². The molecule has 0 aliphatic carbocycles. The van der Waals surface area contributed by atoms with E-state index in [-0.39, 0.29) is 0 Å². The molecule has 0 radical (unpaired) electrons. The van der Waals surface area contributed by atoms with E-state index in [1.165, 1.54) is 0 Å². The molecule has 18 heavy (non-hydrogen) atoms. The van der Waals surface area contributed by atoms with Crippen molar-refractivity contribution in [1.82, 2.24) is 0 Å². The van der Waals surface area contributed by atoms with Gasteiger partial charge in [-0.2, -0.15) is 5.26 Å². The number of nitrogen functional groups attached to an aromatic ring is 1. The summed E-state index contributed by atoms with van der Waals surface area (Å²) in [5.74, 6) is 0. The number of nitrogens with one attached hydrogen (secondary N) is 1. The van der Waals surface area contributed by atoms with Gasteiger partial charge in [0, 0.05) is 10.2 Å². The lowest BCUT2D eigenvalue weighted by molar-refractivity contribution is 1.45. The molecular weight excluding hydrogens is 314 g/mol. The van der Waals surface area contributed by atoms with Crippen molar-refractivity contribution in [1.29, 1.82) is 5.26 Å². The number of anilines is 3. The number of hydrogen-bond acceptors (Lipinski definition) is 3. The molecule has 0 aliphatic heterocycles. The number of nitriles is 1.